The van der Waals surface area contributed by atoms with E-state index in [4.69, 9.17) is 0 Å². The van der Waals surface area contributed by atoms with E-state index in [9.17, 15) is 4.39 Å². The van der Waals surface area contributed by atoms with Crippen molar-refractivity contribution >= 4 is 0 Å². The van der Waals surface area contributed by atoms with Crippen LogP contribution >= 0.6 is 0 Å². The second-order valence-electron chi connectivity index (χ2n) is 3.45. The number of halogens is 1. The normalized spacial score (nSPS) is 9.38. The first kappa shape index (κ1) is 10.4. The molecule has 0 amide bonds. The Morgan fingerprint density at radius 2 is 1.69 bits per heavy atom. The highest BCUT2D eigenvalue weighted by molar-refractivity contribution is 5.42. The van der Waals surface area contributed by atoms with Crippen molar-refractivity contribution in [3.63, 3.8) is 0 Å². The van der Waals surface area contributed by atoms with Gasteiger partial charge < -0.3 is 0 Å². The summed E-state index contributed by atoms with van der Waals surface area (Å²) in [6.07, 6.45) is 3.36. The molecule has 0 saturated heterocycles. The Hall–Kier alpha value is -2.14. The average Bonchev–Trinajstić information content (AvgIpc) is 2.32. The van der Waals surface area contributed by atoms with Crippen molar-refractivity contribution in [2.75, 3.05) is 0 Å². The zero-order chi connectivity index (χ0) is 11.4. The van der Waals surface area contributed by atoms with Crippen LogP contribution in [0.2, 0.25) is 0 Å². The van der Waals surface area contributed by atoms with Crippen LogP contribution in [-0.4, -0.2) is 4.98 Å². The smallest absolute Gasteiger partial charge is 0.127 e. The molecule has 0 aliphatic heterocycles. The van der Waals surface area contributed by atoms with Gasteiger partial charge in [0.25, 0.3) is 0 Å². The monoisotopic (exact) mass is 211 g/mol. The van der Waals surface area contributed by atoms with E-state index in [-0.39, 0.29) is 5.82 Å². The molecule has 2 rings (SSSR count). The lowest BCUT2D eigenvalue weighted by molar-refractivity contribution is 0.618. The van der Waals surface area contributed by atoms with Gasteiger partial charge in [-0.1, -0.05) is 17.9 Å². The number of aryl methyl sites for hydroxylation is 1. The van der Waals surface area contributed by atoms with E-state index < -0.39 is 0 Å². The van der Waals surface area contributed by atoms with Gasteiger partial charge in [0, 0.05) is 23.5 Å². The maximum absolute atomic E-state index is 13.2. The third-order valence-corrected chi connectivity index (χ3v) is 2.20. The molecule has 1 heterocycles. The summed E-state index contributed by atoms with van der Waals surface area (Å²) in [5, 5.41) is 0. The number of rotatable bonds is 0. The fourth-order valence-electron chi connectivity index (χ4n) is 1.25. The Morgan fingerprint density at radius 3 is 2.38 bits per heavy atom. The number of hydrogen-bond acceptors (Lipinski definition) is 1. The molecular formula is C14H10FN. The van der Waals surface area contributed by atoms with Gasteiger partial charge in [0.15, 0.2) is 0 Å². The summed E-state index contributed by atoms with van der Waals surface area (Å²) in [7, 11) is 0. The van der Waals surface area contributed by atoms with Crippen molar-refractivity contribution in [3.05, 3.63) is 65.2 Å². The van der Waals surface area contributed by atoms with Gasteiger partial charge in [-0.25, -0.2) is 4.39 Å². The van der Waals surface area contributed by atoms with Gasteiger partial charge in [-0.05, 0) is 36.8 Å². The molecule has 0 bridgehead atoms. The van der Waals surface area contributed by atoms with E-state index in [0.29, 0.717) is 11.1 Å². The van der Waals surface area contributed by atoms with Gasteiger partial charge in [-0.2, -0.15) is 0 Å². The summed E-state index contributed by atoms with van der Waals surface area (Å²) in [5.74, 6) is 5.64. The third kappa shape index (κ3) is 2.46. The number of nitrogens with zero attached hydrogens (tertiary/aromatic N) is 1. The molecule has 0 atom stereocenters. The van der Waals surface area contributed by atoms with Crippen molar-refractivity contribution in [2.24, 2.45) is 0 Å². The van der Waals surface area contributed by atoms with Crippen molar-refractivity contribution in [2.45, 2.75) is 6.92 Å². The molecule has 1 aromatic heterocycles. The summed E-state index contributed by atoms with van der Waals surface area (Å²) < 4.78 is 13.2. The van der Waals surface area contributed by atoms with E-state index in [2.05, 4.69) is 16.8 Å². The largest absolute Gasteiger partial charge is 0.265 e. The molecule has 16 heavy (non-hydrogen) atoms. The molecule has 0 radical (unpaired) electrons. The predicted octanol–water partition coefficient (Wildman–Crippen LogP) is 2.93. The van der Waals surface area contributed by atoms with Gasteiger partial charge in [-0.3, -0.25) is 4.98 Å². The quantitative estimate of drug-likeness (QED) is 0.610. The number of aromatic nitrogens is 1. The Bertz CT molecular complexity index is 550. The summed E-state index contributed by atoms with van der Waals surface area (Å²) >= 11 is 0. The summed E-state index contributed by atoms with van der Waals surface area (Å²) in [6.45, 7) is 1.73. The standard InChI is InChI=1S/C14H10FN/c1-11-2-3-13(10-14(11)15)5-4-12-6-8-16-9-7-12/h2-3,6-10H,1H3. The minimum atomic E-state index is -0.221. The maximum Gasteiger partial charge on any atom is 0.127 e. The lowest BCUT2D eigenvalue weighted by Gasteiger charge is -1.95. The van der Waals surface area contributed by atoms with Gasteiger partial charge in [0.1, 0.15) is 5.82 Å². The van der Waals surface area contributed by atoms with E-state index in [0.717, 1.165) is 5.56 Å². The molecule has 78 valence electrons. The van der Waals surface area contributed by atoms with Crippen LogP contribution in [0, 0.1) is 24.6 Å². The Kier molecular flexibility index (Phi) is 2.98. The summed E-state index contributed by atoms with van der Waals surface area (Å²) in [6, 6.07) is 8.62. The minimum absolute atomic E-state index is 0.221. The zero-order valence-electron chi connectivity index (χ0n) is 8.87. The lowest BCUT2D eigenvalue weighted by atomic mass is 10.1. The lowest BCUT2D eigenvalue weighted by Crippen LogP contribution is -1.83. The van der Waals surface area contributed by atoms with Crippen molar-refractivity contribution in [1.29, 1.82) is 0 Å². The van der Waals surface area contributed by atoms with Crippen LogP contribution in [0.15, 0.2) is 42.7 Å². The number of benzene rings is 1. The third-order valence-electron chi connectivity index (χ3n) is 2.20. The topological polar surface area (TPSA) is 12.9 Å². The average molecular weight is 211 g/mol. The summed E-state index contributed by atoms with van der Waals surface area (Å²) in [4.78, 5) is 3.90. The van der Waals surface area contributed by atoms with Gasteiger partial charge >= 0.3 is 0 Å². The summed E-state index contributed by atoms with van der Waals surface area (Å²) in [5.41, 5.74) is 2.19. The van der Waals surface area contributed by atoms with Crippen LogP contribution in [0.1, 0.15) is 16.7 Å². The van der Waals surface area contributed by atoms with E-state index in [1.54, 1.807) is 25.4 Å². The van der Waals surface area contributed by atoms with E-state index in [1.165, 1.54) is 6.07 Å². The highest BCUT2D eigenvalue weighted by Gasteiger charge is 1.96. The number of pyridine rings is 1. The molecule has 0 aliphatic rings. The maximum atomic E-state index is 13.2. The van der Waals surface area contributed by atoms with Crippen molar-refractivity contribution in [3.8, 4) is 11.8 Å². The SMILES string of the molecule is Cc1ccc(C#Cc2ccncc2)cc1F. The Labute approximate surface area is 94.0 Å². The first-order valence-corrected chi connectivity index (χ1v) is 4.94. The molecule has 0 unspecified atom stereocenters. The highest BCUT2D eigenvalue weighted by Crippen LogP contribution is 2.08. The van der Waals surface area contributed by atoms with E-state index >= 15 is 0 Å². The van der Waals surface area contributed by atoms with Crippen molar-refractivity contribution < 1.29 is 4.39 Å². The van der Waals surface area contributed by atoms with Crippen LogP contribution in [0.25, 0.3) is 0 Å². The van der Waals surface area contributed by atoms with Gasteiger partial charge in [0.05, 0.1) is 0 Å². The van der Waals surface area contributed by atoms with Crippen LogP contribution in [-0.2, 0) is 0 Å². The van der Waals surface area contributed by atoms with Crippen LogP contribution < -0.4 is 0 Å². The fourth-order valence-corrected chi connectivity index (χ4v) is 1.25. The second-order valence-corrected chi connectivity index (χ2v) is 3.45. The molecular weight excluding hydrogens is 201 g/mol. The second kappa shape index (κ2) is 4.59. The van der Waals surface area contributed by atoms with Crippen LogP contribution in [0.5, 0.6) is 0 Å². The zero-order valence-corrected chi connectivity index (χ0v) is 8.87. The highest BCUT2D eigenvalue weighted by atomic mass is 19.1. The van der Waals surface area contributed by atoms with Crippen molar-refractivity contribution in [1.82, 2.24) is 4.98 Å². The molecule has 0 saturated carbocycles. The molecule has 2 heteroatoms. The minimum Gasteiger partial charge on any atom is -0.265 e. The van der Waals surface area contributed by atoms with Gasteiger partial charge in [-0.15, -0.1) is 0 Å². The Morgan fingerprint density at radius 1 is 1.00 bits per heavy atom. The predicted molar refractivity (Wildman–Crippen MR) is 61.4 cm³/mol. The molecule has 0 aliphatic carbocycles. The first-order valence-electron chi connectivity index (χ1n) is 4.94. The van der Waals surface area contributed by atoms with E-state index in [1.807, 2.05) is 18.2 Å². The molecule has 0 spiro atoms. The Balaban J connectivity index is 2.28. The molecule has 2 aromatic rings. The molecule has 1 aromatic carbocycles. The fraction of sp³-hybridized carbons (Fsp3) is 0.0714. The molecule has 0 fully saturated rings. The van der Waals surface area contributed by atoms with Crippen LogP contribution in [0.4, 0.5) is 4.39 Å². The molecule has 0 N–H and O–H groups in total. The number of hydrogen-bond donors (Lipinski definition) is 0. The van der Waals surface area contributed by atoms with Crippen LogP contribution in [0.3, 0.4) is 0 Å². The first-order chi connectivity index (χ1) is 7.75. The molecule has 1 nitrogen and oxygen atoms in total. The van der Waals surface area contributed by atoms with Gasteiger partial charge in [0.2, 0.25) is 0 Å².